The lowest BCUT2D eigenvalue weighted by molar-refractivity contribution is 0.0991. The fourth-order valence-electron chi connectivity index (χ4n) is 1.38. The Morgan fingerprint density at radius 3 is 2.36 bits per heavy atom. The van der Waals surface area contributed by atoms with Crippen LogP contribution in [0.4, 0.5) is 8.78 Å². The van der Waals surface area contributed by atoms with Gasteiger partial charge in [0.25, 0.3) is 6.43 Å². The Bertz CT molecular complexity index is 249. The van der Waals surface area contributed by atoms with E-state index in [9.17, 15) is 8.78 Å². The highest BCUT2D eigenvalue weighted by molar-refractivity contribution is 5.16. The van der Waals surface area contributed by atoms with Crippen molar-refractivity contribution in [2.75, 3.05) is 6.54 Å². The molecule has 0 aliphatic carbocycles. The summed E-state index contributed by atoms with van der Waals surface area (Å²) in [5, 5.41) is 2.78. The number of alkyl halides is 2. The van der Waals surface area contributed by atoms with Crippen molar-refractivity contribution in [1.82, 2.24) is 5.32 Å². The monoisotopic (exact) mass is 199 g/mol. The molecule has 1 aromatic rings. The van der Waals surface area contributed by atoms with Gasteiger partial charge in [-0.2, -0.15) is 0 Å². The Balaban J connectivity index is 2.55. The van der Waals surface area contributed by atoms with Crippen LogP contribution in [-0.2, 0) is 6.42 Å². The zero-order valence-electron chi connectivity index (χ0n) is 8.21. The van der Waals surface area contributed by atoms with E-state index in [2.05, 4.69) is 5.32 Å². The molecule has 78 valence electrons. The third-order valence-electron chi connectivity index (χ3n) is 2.07. The van der Waals surface area contributed by atoms with Gasteiger partial charge in [-0.1, -0.05) is 37.3 Å². The van der Waals surface area contributed by atoms with Gasteiger partial charge in [-0.15, -0.1) is 0 Å². The smallest absolute Gasteiger partial charge is 0.254 e. The maximum atomic E-state index is 12.5. The van der Waals surface area contributed by atoms with Gasteiger partial charge in [0.1, 0.15) is 0 Å². The van der Waals surface area contributed by atoms with Crippen LogP contribution in [0.15, 0.2) is 30.3 Å². The molecular formula is C11H15F2N. The predicted octanol–water partition coefficient (Wildman–Crippen LogP) is 2.47. The highest BCUT2D eigenvalue weighted by Gasteiger charge is 2.18. The Kier molecular flexibility index (Phi) is 4.53. The maximum Gasteiger partial charge on any atom is 0.254 e. The SMILES string of the molecule is CCNC(Cc1ccccc1)C(F)F. The molecular weight excluding hydrogens is 184 g/mol. The number of hydrogen-bond acceptors (Lipinski definition) is 1. The fourth-order valence-corrected chi connectivity index (χ4v) is 1.38. The summed E-state index contributed by atoms with van der Waals surface area (Å²) < 4.78 is 25.0. The molecule has 0 spiro atoms. The molecule has 0 amide bonds. The molecule has 1 aromatic carbocycles. The number of hydrogen-bond donors (Lipinski definition) is 1. The Labute approximate surface area is 83.1 Å². The van der Waals surface area contributed by atoms with Gasteiger partial charge < -0.3 is 5.32 Å². The van der Waals surface area contributed by atoms with E-state index in [1.54, 1.807) is 0 Å². The molecule has 0 bridgehead atoms. The molecule has 1 unspecified atom stereocenters. The molecule has 0 aromatic heterocycles. The minimum Gasteiger partial charge on any atom is -0.309 e. The number of halogens is 2. The predicted molar refractivity (Wildman–Crippen MR) is 53.6 cm³/mol. The molecule has 0 aliphatic rings. The fraction of sp³-hybridized carbons (Fsp3) is 0.455. The summed E-state index contributed by atoms with van der Waals surface area (Å²) in [6, 6.07) is 8.61. The van der Waals surface area contributed by atoms with E-state index in [-0.39, 0.29) is 0 Å². The summed E-state index contributed by atoms with van der Waals surface area (Å²) in [6.45, 7) is 2.40. The zero-order valence-corrected chi connectivity index (χ0v) is 8.21. The number of benzene rings is 1. The van der Waals surface area contributed by atoms with Crippen LogP contribution in [0.1, 0.15) is 12.5 Å². The van der Waals surface area contributed by atoms with Gasteiger partial charge in [-0.3, -0.25) is 0 Å². The van der Waals surface area contributed by atoms with E-state index in [1.807, 2.05) is 37.3 Å². The van der Waals surface area contributed by atoms with Crippen molar-refractivity contribution >= 4 is 0 Å². The van der Waals surface area contributed by atoms with Gasteiger partial charge in [0, 0.05) is 0 Å². The Hall–Kier alpha value is -0.960. The third kappa shape index (κ3) is 3.42. The van der Waals surface area contributed by atoms with Crippen LogP contribution in [0.2, 0.25) is 0 Å². The molecule has 1 nitrogen and oxygen atoms in total. The molecule has 0 aliphatic heterocycles. The van der Waals surface area contributed by atoms with Crippen LogP contribution in [0, 0.1) is 0 Å². The molecule has 0 saturated heterocycles. The van der Waals surface area contributed by atoms with E-state index in [0.29, 0.717) is 13.0 Å². The molecule has 0 saturated carbocycles. The number of nitrogens with one attached hydrogen (secondary N) is 1. The molecule has 0 fully saturated rings. The van der Waals surface area contributed by atoms with Crippen LogP contribution in [0.25, 0.3) is 0 Å². The quantitative estimate of drug-likeness (QED) is 0.768. The maximum absolute atomic E-state index is 12.5. The van der Waals surface area contributed by atoms with Crippen LogP contribution < -0.4 is 5.32 Å². The molecule has 0 radical (unpaired) electrons. The van der Waals surface area contributed by atoms with Gasteiger partial charge in [0.2, 0.25) is 0 Å². The summed E-state index contributed by atoms with van der Waals surface area (Å²) in [7, 11) is 0. The lowest BCUT2D eigenvalue weighted by Crippen LogP contribution is -2.37. The largest absolute Gasteiger partial charge is 0.309 e. The van der Waals surface area contributed by atoms with Crippen LogP contribution >= 0.6 is 0 Å². The Morgan fingerprint density at radius 1 is 1.21 bits per heavy atom. The van der Waals surface area contributed by atoms with E-state index in [1.165, 1.54) is 0 Å². The molecule has 1 atom stereocenters. The van der Waals surface area contributed by atoms with Crippen molar-refractivity contribution in [1.29, 1.82) is 0 Å². The first-order valence-electron chi connectivity index (χ1n) is 4.79. The van der Waals surface area contributed by atoms with Gasteiger partial charge >= 0.3 is 0 Å². The summed E-state index contributed by atoms with van der Waals surface area (Å²) in [5.74, 6) is 0. The van der Waals surface area contributed by atoms with Crippen molar-refractivity contribution in [2.45, 2.75) is 25.8 Å². The van der Waals surface area contributed by atoms with Crippen molar-refractivity contribution in [3.05, 3.63) is 35.9 Å². The average Bonchev–Trinajstić information content (AvgIpc) is 2.18. The first-order valence-corrected chi connectivity index (χ1v) is 4.79. The minimum atomic E-state index is -2.31. The lowest BCUT2D eigenvalue weighted by Gasteiger charge is -2.16. The number of rotatable bonds is 5. The van der Waals surface area contributed by atoms with Crippen molar-refractivity contribution in [3.63, 3.8) is 0 Å². The average molecular weight is 199 g/mol. The molecule has 0 heterocycles. The summed E-state index contributed by atoms with van der Waals surface area (Å²) in [6.07, 6.45) is -1.93. The second-order valence-corrected chi connectivity index (χ2v) is 3.19. The van der Waals surface area contributed by atoms with Crippen molar-refractivity contribution in [2.24, 2.45) is 0 Å². The lowest BCUT2D eigenvalue weighted by atomic mass is 10.1. The van der Waals surface area contributed by atoms with Gasteiger partial charge in [-0.05, 0) is 18.5 Å². The van der Waals surface area contributed by atoms with E-state index in [4.69, 9.17) is 0 Å². The first kappa shape index (κ1) is 11.1. The van der Waals surface area contributed by atoms with E-state index in [0.717, 1.165) is 5.56 Å². The highest BCUT2D eigenvalue weighted by atomic mass is 19.3. The van der Waals surface area contributed by atoms with Gasteiger partial charge in [0.05, 0.1) is 6.04 Å². The standard InChI is InChI=1S/C11H15F2N/c1-2-14-10(11(12)13)8-9-6-4-3-5-7-9/h3-7,10-11,14H,2,8H2,1H3. The highest BCUT2D eigenvalue weighted by Crippen LogP contribution is 2.09. The minimum absolute atomic E-state index is 0.381. The molecule has 14 heavy (non-hydrogen) atoms. The van der Waals surface area contributed by atoms with Gasteiger partial charge in [0.15, 0.2) is 0 Å². The summed E-state index contributed by atoms with van der Waals surface area (Å²) in [4.78, 5) is 0. The van der Waals surface area contributed by atoms with Crippen molar-refractivity contribution in [3.8, 4) is 0 Å². The normalized spacial score (nSPS) is 13.1. The second kappa shape index (κ2) is 5.70. The van der Waals surface area contributed by atoms with Crippen LogP contribution in [0.5, 0.6) is 0 Å². The first-order chi connectivity index (χ1) is 6.74. The number of likely N-dealkylation sites (N-methyl/N-ethyl adjacent to an activating group) is 1. The van der Waals surface area contributed by atoms with Crippen LogP contribution in [0.3, 0.4) is 0 Å². The Morgan fingerprint density at radius 2 is 1.86 bits per heavy atom. The van der Waals surface area contributed by atoms with Crippen LogP contribution in [-0.4, -0.2) is 19.0 Å². The molecule has 1 rings (SSSR count). The topological polar surface area (TPSA) is 12.0 Å². The van der Waals surface area contributed by atoms with Gasteiger partial charge in [-0.25, -0.2) is 8.78 Å². The van der Waals surface area contributed by atoms with E-state index >= 15 is 0 Å². The van der Waals surface area contributed by atoms with Crippen molar-refractivity contribution < 1.29 is 8.78 Å². The second-order valence-electron chi connectivity index (χ2n) is 3.19. The molecule has 1 N–H and O–H groups in total. The van der Waals surface area contributed by atoms with E-state index < -0.39 is 12.5 Å². The molecule has 3 heteroatoms. The third-order valence-corrected chi connectivity index (χ3v) is 2.07. The zero-order chi connectivity index (χ0) is 10.4. The summed E-state index contributed by atoms with van der Waals surface area (Å²) >= 11 is 0. The summed E-state index contributed by atoms with van der Waals surface area (Å²) in [5.41, 5.74) is 0.943.